The van der Waals surface area contributed by atoms with Crippen LogP contribution in [0.15, 0.2) is 6.20 Å². The lowest BCUT2D eigenvalue weighted by Gasteiger charge is -2.10. The summed E-state index contributed by atoms with van der Waals surface area (Å²) in [5, 5.41) is 21.7. The van der Waals surface area contributed by atoms with Crippen LogP contribution in [0.3, 0.4) is 0 Å². The molecule has 98 valence electrons. The van der Waals surface area contributed by atoms with Gasteiger partial charge in [-0.25, -0.2) is 9.48 Å². The highest BCUT2D eigenvalue weighted by Gasteiger charge is 2.21. The summed E-state index contributed by atoms with van der Waals surface area (Å²) in [7, 11) is 0. The van der Waals surface area contributed by atoms with Gasteiger partial charge in [-0.1, -0.05) is 5.21 Å². The van der Waals surface area contributed by atoms with Crippen LogP contribution >= 0.6 is 0 Å². The molecule has 1 fully saturated rings. The normalized spacial score (nSPS) is 18.8. The first kappa shape index (κ1) is 12.5. The van der Waals surface area contributed by atoms with E-state index in [9.17, 15) is 9.59 Å². The van der Waals surface area contributed by atoms with Gasteiger partial charge in [0.1, 0.15) is 0 Å². The van der Waals surface area contributed by atoms with Crippen molar-refractivity contribution in [1.82, 2.24) is 25.6 Å². The number of carboxylic acids is 1. The highest BCUT2D eigenvalue weighted by Crippen LogP contribution is 2.04. The van der Waals surface area contributed by atoms with Crippen LogP contribution in [0.1, 0.15) is 23.3 Å². The molecule has 1 aliphatic rings. The van der Waals surface area contributed by atoms with Crippen molar-refractivity contribution in [2.24, 2.45) is 0 Å². The first-order chi connectivity index (χ1) is 8.66. The first-order valence-electron chi connectivity index (χ1n) is 5.81. The number of carboxylic acid groups (broad SMARTS) is 1. The smallest absolute Gasteiger partial charge is 0.358 e. The Bertz CT molecular complexity index is 438. The Morgan fingerprint density at radius 1 is 1.61 bits per heavy atom. The molecule has 0 bridgehead atoms. The summed E-state index contributed by atoms with van der Waals surface area (Å²) >= 11 is 0. The highest BCUT2D eigenvalue weighted by molar-refractivity contribution is 5.84. The third kappa shape index (κ3) is 3.04. The number of hydrogen-bond acceptors (Lipinski definition) is 5. The van der Waals surface area contributed by atoms with Crippen LogP contribution in [0.5, 0.6) is 0 Å². The number of aromatic carboxylic acids is 1. The van der Waals surface area contributed by atoms with Gasteiger partial charge < -0.3 is 15.7 Å². The van der Waals surface area contributed by atoms with E-state index in [1.54, 1.807) is 0 Å². The van der Waals surface area contributed by atoms with Gasteiger partial charge in [-0.2, -0.15) is 0 Å². The van der Waals surface area contributed by atoms with Gasteiger partial charge in [0.25, 0.3) is 0 Å². The molecule has 1 saturated heterocycles. The lowest BCUT2D eigenvalue weighted by molar-refractivity contribution is -0.122. The predicted octanol–water partition coefficient (Wildman–Crippen LogP) is -1.16. The Morgan fingerprint density at radius 2 is 2.44 bits per heavy atom. The molecule has 3 N–H and O–H groups in total. The molecule has 0 spiro atoms. The van der Waals surface area contributed by atoms with Crippen molar-refractivity contribution in [3.8, 4) is 0 Å². The Balaban J connectivity index is 1.74. The number of aromatic nitrogens is 3. The summed E-state index contributed by atoms with van der Waals surface area (Å²) in [6.45, 7) is 1.68. The average molecular weight is 253 g/mol. The number of rotatable bonds is 5. The molecule has 8 heteroatoms. The number of hydrogen-bond donors (Lipinski definition) is 3. The third-order valence-corrected chi connectivity index (χ3v) is 2.77. The highest BCUT2D eigenvalue weighted by atomic mass is 16.4. The van der Waals surface area contributed by atoms with Gasteiger partial charge in [-0.15, -0.1) is 5.10 Å². The predicted molar refractivity (Wildman–Crippen MR) is 61.0 cm³/mol. The van der Waals surface area contributed by atoms with Crippen LogP contribution < -0.4 is 10.6 Å². The summed E-state index contributed by atoms with van der Waals surface area (Å²) in [6.07, 6.45) is 3.21. The van der Waals surface area contributed by atoms with Crippen LogP contribution in [-0.4, -0.2) is 51.1 Å². The summed E-state index contributed by atoms with van der Waals surface area (Å²) in [4.78, 5) is 22.2. The fourth-order valence-electron chi connectivity index (χ4n) is 1.83. The largest absolute Gasteiger partial charge is 0.476 e. The van der Waals surface area contributed by atoms with Gasteiger partial charge in [0.15, 0.2) is 5.69 Å². The number of amides is 1. The summed E-state index contributed by atoms with van der Waals surface area (Å²) in [5.41, 5.74) is -0.0983. The molecule has 0 radical (unpaired) electrons. The number of carbonyl (C=O) groups excluding carboxylic acids is 1. The minimum atomic E-state index is -1.11. The van der Waals surface area contributed by atoms with E-state index >= 15 is 0 Å². The number of nitrogens with zero attached hydrogens (tertiary/aromatic N) is 3. The Hall–Kier alpha value is -1.96. The van der Waals surface area contributed by atoms with Crippen molar-refractivity contribution in [2.45, 2.75) is 25.4 Å². The van der Waals surface area contributed by atoms with Crippen molar-refractivity contribution in [3.63, 3.8) is 0 Å². The van der Waals surface area contributed by atoms with E-state index in [0.29, 0.717) is 13.1 Å². The maximum Gasteiger partial charge on any atom is 0.358 e. The molecular formula is C10H15N5O3. The fourth-order valence-corrected chi connectivity index (χ4v) is 1.83. The molecule has 1 atom stereocenters. The maximum atomic E-state index is 11.6. The summed E-state index contributed by atoms with van der Waals surface area (Å²) in [5.74, 6) is -1.13. The van der Waals surface area contributed by atoms with Gasteiger partial charge in [-0.3, -0.25) is 4.79 Å². The molecule has 2 heterocycles. The standard InChI is InChI=1S/C10H15N5O3/c16-9(7-2-1-3-11-7)12-4-5-15-6-8(10(17)18)13-14-15/h6-7,11H,1-5H2,(H,12,16)(H,17,18)/t7-/m0/s1. The van der Waals surface area contributed by atoms with Crippen molar-refractivity contribution in [1.29, 1.82) is 0 Å². The lowest BCUT2D eigenvalue weighted by Crippen LogP contribution is -2.41. The van der Waals surface area contributed by atoms with E-state index in [2.05, 4.69) is 20.9 Å². The maximum absolute atomic E-state index is 11.6. The Morgan fingerprint density at radius 3 is 3.06 bits per heavy atom. The third-order valence-electron chi connectivity index (χ3n) is 2.77. The molecule has 0 aliphatic carbocycles. The van der Waals surface area contributed by atoms with Crippen LogP contribution in [0.4, 0.5) is 0 Å². The van der Waals surface area contributed by atoms with Gasteiger partial charge in [0.2, 0.25) is 5.91 Å². The molecule has 0 saturated carbocycles. The van der Waals surface area contributed by atoms with Crippen LogP contribution in [0, 0.1) is 0 Å². The second-order valence-electron chi connectivity index (χ2n) is 4.11. The van der Waals surface area contributed by atoms with E-state index in [1.165, 1.54) is 10.9 Å². The molecular weight excluding hydrogens is 238 g/mol. The van der Waals surface area contributed by atoms with Crippen molar-refractivity contribution in [3.05, 3.63) is 11.9 Å². The molecule has 2 rings (SSSR count). The zero-order chi connectivity index (χ0) is 13.0. The summed E-state index contributed by atoms with van der Waals surface area (Å²) < 4.78 is 1.39. The van der Waals surface area contributed by atoms with E-state index in [4.69, 9.17) is 5.11 Å². The van der Waals surface area contributed by atoms with E-state index in [-0.39, 0.29) is 17.6 Å². The van der Waals surface area contributed by atoms with Crippen LogP contribution in [-0.2, 0) is 11.3 Å². The molecule has 1 aromatic rings. The van der Waals surface area contributed by atoms with Crippen molar-refractivity contribution in [2.75, 3.05) is 13.1 Å². The molecule has 1 aromatic heterocycles. The molecule has 0 unspecified atom stereocenters. The van der Waals surface area contributed by atoms with E-state index in [1.807, 2.05) is 0 Å². The Kier molecular flexibility index (Phi) is 3.88. The molecule has 18 heavy (non-hydrogen) atoms. The topological polar surface area (TPSA) is 109 Å². The van der Waals surface area contributed by atoms with Crippen LogP contribution in [0.25, 0.3) is 0 Å². The average Bonchev–Trinajstić information content (AvgIpc) is 3.00. The molecule has 8 nitrogen and oxygen atoms in total. The van der Waals surface area contributed by atoms with Gasteiger partial charge in [0.05, 0.1) is 18.8 Å². The zero-order valence-electron chi connectivity index (χ0n) is 9.80. The minimum Gasteiger partial charge on any atom is -0.476 e. The fraction of sp³-hybridized carbons (Fsp3) is 0.600. The second kappa shape index (κ2) is 5.58. The van der Waals surface area contributed by atoms with Gasteiger partial charge in [-0.05, 0) is 19.4 Å². The monoisotopic (exact) mass is 253 g/mol. The SMILES string of the molecule is O=C(O)c1cn(CCNC(=O)[C@@H]2CCCN2)nn1. The van der Waals surface area contributed by atoms with Gasteiger partial charge in [0, 0.05) is 6.54 Å². The second-order valence-corrected chi connectivity index (χ2v) is 4.11. The number of carbonyl (C=O) groups is 2. The quantitative estimate of drug-likeness (QED) is 0.611. The minimum absolute atomic E-state index is 0.0222. The number of nitrogens with one attached hydrogen (secondary N) is 2. The summed E-state index contributed by atoms with van der Waals surface area (Å²) in [6, 6.07) is -0.102. The lowest BCUT2D eigenvalue weighted by atomic mass is 10.2. The van der Waals surface area contributed by atoms with Crippen LogP contribution in [0.2, 0.25) is 0 Å². The zero-order valence-corrected chi connectivity index (χ0v) is 9.80. The van der Waals surface area contributed by atoms with Crippen molar-refractivity contribution < 1.29 is 14.7 Å². The van der Waals surface area contributed by atoms with Gasteiger partial charge >= 0.3 is 5.97 Å². The first-order valence-corrected chi connectivity index (χ1v) is 5.81. The van der Waals surface area contributed by atoms with E-state index in [0.717, 1.165) is 19.4 Å². The van der Waals surface area contributed by atoms with E-state index < -0.39 is 5.97 Å². The molecule has 1 amide bonds. The Labute approximate surface area is 103 Å². The molecule has 1 aliphatic heterocycles. The van der Waals surface area contributed by atoms with Crippen molar-refractivity contribution >= 4 is 11.9 Å². The molecule has 0 aromatic carbocycles.